The Balaban J connectivity index is 0.00000196. The van der Waals surface area contributed by atoms with Crippen LogP contribution in [0, 0.1) is 17.0 Å². The molecule has 15 heavy (non-hydrogen) atoms. The molecule has 0 aliphatic rings. The molecule has 0 fully saturated rings. The van der Waals surface area contributed by atoms with Crippen LogP contribution in [0.25, 0.3) is 0 Å². The quantitative estimate of drug-likeness (QED) is 0.288. The number of nitrogens with zero attached hydrogens (tertiary/aromatic N) is 1. The van der Waals surface area contributed by atoms with Crippen molar-refractivity contribution in [3.63, 3.8) is 0 Å². The van der Waals surface area contributed by atoms with E-state index in [9.17, 15) is 18.9 Å². The van der Waals surface area contributed by atoms with E-state index in [1.54, 1.807) is 0 Å². The summed E-state index contributed by atoms with van der Waals surface area (Å²) in [5, 5.41) is 10.2. The molecule has 0 radical (unpaired) electrons. The van der Waals surface area contributed by atoms with E-state index in [0.717, 1.165) is 12.1 Å². The zero-order valence-corrected chi connectivity index (χ0v) is 11.6. The first kappa shape index (κ1) is 15.0. The van der Waals surface area contributed by atoms with E-state index in [1.807, 2.05) is 0 Å². The standard InChI is InChI=1S/C7H6ClNO4S.Na/c1-4-2-6(9(10)11)5(8)3-7(4)14(12)13;/h2-3H,1H3,(H,12,13);/q;+1/p-1. The predicted octanol–water partition coefficient (Wildman–Crippen LogP) is -1.20. The van der Waals surface area contributed by atoms with Gasteiger partial charge in [0.1, 0.15) is 5.02 Å². The molecular weight excluding hydrogens is 253 g/mol. The topological polar surface area (TPSA) is 83.3 Å². The minimum atomic E-state index is -2.43. The van der Waals surface area contributed by atoms with Gasteiger partial charge in [-0.2, -0.15) is 0 Å². The fourth-order valence-corrected chi connectivity index (χ4v) is 1.80. The molecule has 0 saturated heterocycles. The van der Waals surface area contributed by atoms with Crippen LogP contribution < -0.4 is 29.6 Å². The summed E-state index contributed by atoms with van der Waals surface area (Å²) in [5.41, 5.74) is 0.00722. The first-order valence-corrected chi connectivity index (χ1v) is 4.92. The van der Waals surface area contributed by atoms with Crippen LogP contribution in [0.1, 0.15) is 5.56 Å². The van der Waals surface area contributed by atoms with Gasteiger partial charge in [-0.1, -0.05) is 11.6 Å². The zero-order valence-electron chi connectivity index (χ0n) is 8.02. The molecule has 1 atom stereocenters. The molecule has 0 bridgehead atoms. The minimum absolute atomic E-state index is 0. The van der Waals surface area contributed by atoms with Crippen LogP contribution in [0.2, 0.25) is 5.02 Å². The SMILES string of the molecule is Cc1cc([N+](=O)[O-])c(Cl)cc1S(=O)[O-].[Na+]. The van der Waals surface area contributed by atoms with Crippen molar-refractivity contribution in [1.82, 2.24) is 0 Å². The average molecular weight is 258 g/mol. The Kier molecular flexibility index (Phi) is 5.94. The van der Waals surface area contributed by atoms with Gasteiger partial charge >= 0.3 is 29.6 Å². The first-order valence-electron chi connectivity index (χ1n) is 3.47. The molecule has 1 aromatic carbocycles. The van der Waals surface area contributed by atoms with E-state index in [1.165, 1.54) is 6.92 Å². The Morgan fingerprint density at radius 1 is 1.47 bits per heavy atom. The van der Waals surface area contributed by atoms with Crippen LogP contribution >= 0.6 is 11.6 Å². The van der Waals surface area contributed by atoms with Crippen LogP contribution in [0.15, 0.2) is 17.0 Å². The summed E-state index contributed by atoms with van der Waals surface area (Å²) < 4.78 is 21.3. The van der Waals surface area contributed by atoms with Gasteiger partial charge in [0.05, 0.1) is 4.92 Å². The van der Waals surface area contributed by atoms with E-state index in [-0.39, 0.29) is 45.2 Å². The van der Waals surface area contributed by atoms with Crippen molar-refractivity contribution in [1.29, 1.82) is 0 Å². The molecule has 0 aromatic heterocycles. The Labute approximate surface area is 116 Å². The molecule has 0 N–H and O–H groups in total. The Morgan fingerprint density at radius 3 is 2.40 bits per heavy atom. The van der Waals surface area contributed by atoms with Crippen molar-refractivity contribution in [2.45, 2.75) is 11.8 Å². The van der Waals surface area contributed by atoms with Crippen molar-refractivity contribution < 1.29 is 43.2 Å². The number of hydrogen-bond donors (Lipinski definition) is 0. The zero-order chi connectivity index (χ0) is 10.9. The molecule has 76 valence electrons. The van der Waals surface area contributed by atoms with Gasteiger partial charge in [0, 0.05) is 11.0 Å². The van der Waals surface area contributed by atoms with Gasteiger partial charge in [-0.25, -0.2) is 0 Å². The molecular formula is C7H5ClNNaO4S. The molecule has 1 rings (SSSR count). The average Bonchev–Trinajstić information content (AvgIpc) is 2.07. The van der Waals surface area contributed by atoms with Crippen molar-refractivity contribution in [2.24, 2.45) is 0 Å². The molecule has 1 aromatic rings. The van der Waals surface area contributed by atoms with Gasteiger partial charge in [-0.15, -0.1) is 0 Å². The summed E-state index contributed by atoms with van der Waals surface area (Å²) in [6.45, 7) is 1.47. The van der Waals surface area contributed by atoms with E-state index in [4.69, 9.17) is 11.6 Å². The van der Waals surface area contributed by atoms with E-state index in [2.05, 4.69) is 0 Å². The normalized spacial score (nSPS) is 11.7. The minimum Gasteiger partial charge on any atom is -0.768 e. The number of nitro benzene ring substituents is 1. The van der Waals surface area contributed by atoms with Gasteiger partial charge in [0.15, 0.2) is 0 Å². The van der Waals surface area contributed by atoms with Crippen LogP contribution in [-0.4, -0.2) is 13.7 Å². The maximum atomic E-state index is 10.6. The number of nitro groups is 1. The van der Waals surface area contributed by atoms with Crippen LogP contribution in [0.3, 0.4) is 0 Å². The third-order valence-corrected chi connectivity index (χ3v) is 2.72. The molecule has 0 saturated carbocycles. The third kappa shape index (κ3) is 3.51. The van der Waals surface area contributed by atoms with Crippen LogP contribution in [0.5, 0.6) is 0 Å². The van der Waals surface area contributed by atoms with E-state index < -0.39 is 16.0 Å². The summed E-state index contributed by atoms with van der Waals surface area (Å²) in [5.74, 6) is 0. The molecule has 8 heteroatoms. The Bertz CT molecular complexity index is 386. The molecule has 0 heterocycles. The molecule has 5 nitrogen and oxygen atoms in total. The second-order valence-corrected chi connectivity index (χ2v) is 3.88. The molecule has 0 amide bonds. The van der Waals surface area contributed by atoms with E-state index in [0.29, 0.717) is 5.56 Å². The number of aryl methyl sites for hydroxylation is 1. The van der Waals surface area contributed by atoms with Crippen LogP contribution in [0.4, 0.5) is 5.69 Å². The molecule has 0 spiro atoms. The summed E-state index contributed by atoms with van der Waals surface area (Å²) in [6, 6.07) is 2.20. The summed E-state index contributed by atoms with van der Waals surface area (Å²) in [4.78, 5) is 9.74. The monoisotopic (exact) mass is 257 g/mol. The van der Waals surface area contributed by atoms with Crippen molar-refractivity contribution in [2.75, 3.05) is 0 Å². The van der Waals surface area contributed by atoms with Crippen molar-refractivity contribution in [3.8, 4) is 0 Å². The smallest absolute Gasteiger partial charge is 0.768 e. The second-order valence-electron chi connectivity index (χ2n) is 2.56. The molecule has 0 aliphatic heterocycles. The maximum absolute atomic E-state index is 10.6. The number of rotatable bonds is 2. The summed E-state index contributed by atoms with van der Waals surface area (Å²) in [6.07, 6.45) is 0. The summed E-state index contributed by atoms with van der Waals surface area (Å²) in [7, 11) is 0. The summed E-state index contributed by atoms with van der Waals surface area (Å²) >= 11 is 3.10. The second kappa shape index (κ2) is 5.93. The molecule has 1 unspecified atom stereocenters. The fourth-order valence-electron chi connectivity index (χ4n) is 0.967. The molecule has 0 aliphatic carbocycles. The van der Waals surface area contributed by atoms with Gasteiger partial charge in [-0.05, 0) is 29.6 Å². The van der Waals surface area contributed by atoms with Crippen LogP contribution in [-0.2, 0) is 11.1 Å². The predicted molar refractivity (Wildman–Crippen MR) is 50.0 cm³/mol. The van der Waals surface area contributed by atoms with Crippen molar-refractivity contribution >= 4 is 28.4 Å². The largest absolute Gasteiger partial charge is 1.00 e. The Hall–Kier alpha value is 0.0200. The number of benzene rings is 1. The third-order valence-electron chi connectivity index (χ3n) is 1.62. The first-order chi connectivity index (χ1) is 6.43. The van der Waals surface area contributed by atoms with Gasteiger partial charge in [0.2, 0.25) is 0 Å². The Morgan fingerprint density at radius 2 is 2.00 bits per heavy atom. The van der Waals surface area contributed by atoms with Gasteiger partial charge < -0.3 is 4.55 Å². The number of halogens is 1. The number of hydrogen-bond acceptors (Lipinski definition) is 4. The maximum Gasteiger partial charge on any atom is 1.00 e. The van der Waals surface area contributed by atoms with E-state index >= 15 is 0 Å². The van der Waals surface area contributed by atoms with Crippen molar-refractivity contribution in [3.05, 3.63) is 32.8 Å². The van der Waals surface area contributed by atoms with Gasteiger partial charge in [0.25, 0.3) is 5.69 Å². The van der Waals surface area contributed by atoms with Gasteiger partial charge in [-0.3, -0.25) is 14.3 Å². The fraction of sp³-hybridized carbons (Fsp3) is 0.143.